The summed E-state index contributed by atoms with van der Waals surface area (Å²) in [7, 11) is 0. The average Bonchev–Trinajstić information content (AvgIpc) is 4.21. The Bertz CT molecular complexity index is 4630. The van der Waals surface area contributed by atoms with Crippen LogP contribution in [0.3, 0.4) is 0 Å². The van der Waals surface area contributed by atoms with Gasteiger partial charge in [0.1, 0.15) is 0 Å². The second kappa shape index (κ2) is 17.1. The number of hydrogen-bond acceptors (Lipinski definition) is 2. The summed E-state index contributed by atoms with van der Waals surface area (Å²) in [5.74, 6) is 0.788. The average molecular weight is 975 g/mol. The van der Waals surface area contributed by atoms with E-state index in [4.69, 9.17) is 0 Å². The monoisotopic (exact) mass is 974 g/mol. The van der Waals surface area contributed by atoms with Crippen molar-refractivity contribution >= 4 is 110 Å². The van der Waals surface area contributed by atoms with Gasteiger partial charge in [-0.1, -0.05) is 198 Å². The summed E-state index contributed by atoms with van der Waals surface area (Å²) in [6.07, 6.45) is 0. The number of nitrogens with zero attached hydrogens (tertiary/aromatic N) is 4. The molecule has 0 aliphatic rings. The molecule has 4 heterocycles. The van der Waals surface area contributed by atoms with Crippen LogP contribution in [0.2, 0.25) is 0 Å². The molecular weight excluding hydrogens is 921 g/mol. The Morgan fingerprint density at radius 1 is 0.276 bits per heavy atom. The lowest BCUT2D eigenvalue weighted by Crippen LogP contribution is -2.10. The van der Waals surface area contributed by atoms with E-state index in [1.54, 1.807) is 0 Å². The van der Waals surface area contributed by atoms with E-state index < -0.39 is 0 Å². The third kappa shape index (κ3) is 6.50. The lowest BCUT2D eigenvalue weighted by molar-refractivity contribution is 0.866. The van der Waals surface area contributed by atoms with E-state index in [-0.39, 0.29) is 0 Å². The Hall–Kier alpha value is -9.38. The van der Waals surface area contributed by atoms with Gasteiger partial charge in [-0.2, -0.15) is 0 Å². The van der Waals surface area contributed by atoms with Gasteiger partial charge in [-0.15, -0.1) is 0 Å². The highest BCUT2D eigenvalue weighted by Gasteiger charge is 2.31. The van der Waals surface area contributed by atoms with Crippen molar-refractivity contribution in [2.24, 2.45) is 0 Å². The molecule has 4 aromatic heterocycles. The van der Waals surface area contributed by atoms with Gasteiger partial charge in [-0.3, -0.25) is 0 Å². The first-order valence-corrected chi connectivity index (χ1v) is 26.8. The molecule has 0 amide bonds. The van der Waals surface area contributed by atoms with E-state index in [1.807, 2.05) is 0 Å². The summed E-state index contributed by atoms with van der Waals surface area (Å²) >= 11 is 0. The quantitative estimate of drug-likeness (QED) is 0.136. The molecule has 11 aromatic carbocycles. The van der Waals surface area contributed by atoms with Gasteiger partial charge >= 0.3 is 0 Å². The van der Waals surface area contributed by atoms with Crippen molar-refractivity contribution in [2.75, 3.05) is 9.80 Å². The maximum Gasteiger partial charge on any atom is 0.0634 e. The molecule has 0 saturated carbocycles. The van der Waals surface area contributed by atoms with Crippen molar-refractivity contribution in [3.63, 3.8) is 0 Å². The van der Waals surface area contributed by atoms with Crippen molar-refractivity contribution in [3.8, 4) is 22.3 Å². The Morgan fingerprint density at radius 2 is 0.658 bits per heavy atom. The van der Waals surface area contributed by atoms with Crippen LogP contribution in [0.1, 0.15) is 50.7 Å². The van der Waals surface area contributed by atoms with Gasteiger partial charge in [0.15, 0.2) is 0 Å². The highest BCUT2D eigenvalue weighted by Crippen LogP contribution is 2.55. The van der Waals surface area contributed by atoms with E-state index in [1.165, 1.54) is 110 Å². The summed E-state index contributed by atoms with van der Waals surface area (Å²) in [5.41, 5.74) is 21.6. The first kappa shape index (κ1) is 44.1. The molecule has 362 valence electrons. The zero-order valence-electron chi connectivity index (χ0n) is 43.0. The fourth-order valence-electron chi connectivity index (χ4n) is 12.8. The SMILES string of the molecule is CC(C)c1ccc(N(c2ccccc2)c2ccc3c4cccc5c6c(-c7cccc(C(C)C)c7)c7c(c(-c8ccccc8)c6n(c3c2)c45)c2cccc3c4ccc(N(c5ccccc5)c5ccccc5)cc4n7c32)cc1. The van der Waals surface area contributed by atoms with Crippen LogP contribution in [0.5, 0.6) is 0 Å². The first-order chi connectivity index (χ1) is 37.4. The molecule has 0 aliphatic carbocycles. The van der Waals surface area contributed by atoms with Crippen molar-refractivity contribution in [3.05, 3.63) is 254 Å². The second-order valence-electron chi connectivity index (χ2n) is 21.2. The molecule has 15 aromatic rings. The van der Waals surface area contributed by atoms with Crippen LogP contribution in [-0.2, 0) is 0 Å². The molecular formula is C72H54N4. The van der Waals surface area contributed by atoms with Gasteiger partial charge in [-0.05, 0) is 107 Å². The molecule has 0 spiro atoms. The Kier molecular flexibility index (Phi) is 9.93. The fraction of sp³-hybridized carbons (Fsp3) is 0.0833. The van der Waals surface area contributed by atoms with Gasteiger partial charge in [0.05, 0.1) is 33.1 Å². The summed E-state index contributed by atoms with van der Waals surface area (Å²) < 4.78 is 5.28. The Labute approximate surface area is 442 Å². The number of anilines is 6. The number of rotatable bonds is 10. The minimum atomic E-state index is 0.346. The highest BCUT2D eigenvalue weighted by molar-refractivity contribution is 6.38. The molecule has 0 saturated heterocycles. The van der Waals surface area contributed by atoms with Gasteiger partial charge in [0, 0.05) is 88.3 Å². The Balaban J connectivity index is 1.13. The third-order valence-corrected chi connectivity index (χ3v) is 16.3. The van der Waals surface area contributed by atoms with Crippen molar-refractivity contribution in [1.29, 1.82) is 0 Å². The molecule has 0 N–H and O–H groups in total. The van der Waals surface area contributed by atoms with Crippen LogP contribution in [0.15, 0.2) is 243 Å². The van der Waals surface area contributed by atoms with Crippen LogP contribution in [0.25, 0.3) is 98.4 Å². The summed E-state index contributed by atoms with van der Waals surface area (Å²) in [4.78, 5) is 4.80. The second-order valence-corrected chi connectivity index (χ2v) is 21.2. The zero-order valence-corrected chi connectivity index (χ0v) is 43.0. The largest absolute Gasteiger partial charge is 0.310 e. The lowest BCUT2D eigenvalue weighted by atomic mass is 9.88. The maximum atomic E-state index is 2.64. The van der Waals surface area contributed by atoms with Gasteiger partial charge in [-0.25, -0.2) is 0 Å². The molecule has 0 fully saturated rings. The standard InChI is InChI=1S/C72H54N4/c1-45(2)47-34-36-54(37-35-47)74(53-28-15-8-16-29-53)56-39-41-57-60-31-19-33-62-68-66(50-23-17-22-49(42-50)46(3)4)72-67(65(48-20-9-5-10-21-48)71(68)75(70(60)62)63(57)44-56)61-32-18-30-59-58-40-38-55(43-64(58)76(72)69(59)61)73(51-24-11-6-12-25-51)52-26-13-7-14-27-52/h5-46H,1-4H3. The number of hydrogen-bond donors (Lipinski definition) is 0. The third-order valence-electron chi connectivity index (χ3n) is 16.3. The molecule has 0 radical (unpaired) electrons. The minimum absolute atomic E-state index is 0.346. The fourth-order valence-corrected chi connectivity index (χ4v) is 12.8. The van der Waals surface area contributed by atoms with Gasteiger partial charge in [0.25, 0.3) is 0 Å². The molecule has 4 nitrogen and oxygen atoms in total. The predicted octanol–water partition coefficient (Wildman–Crippen LogP) is 20.5. The summed E-state index contributed by atoms with van der Waals surface area (Å²) in [5, 5.41) is 10.0. The number of benzene rings is 11. The maximum absolute atomic E-state index is 2.64. The van der Waals surface area contributed by atoms with Crippen LogP contribution in [0.4, 0.5) is 34.1 Å². The Morgan fingerprint density at radius 3 is 1.12 bits per heavy atom. The van der Waals surface area contributed by atoms with E-state index in [9.17, 15) is 0 Å². The number of para-hydroxylation sites is 5. The van der Waals surface area contributed by atoms with E-state index >= 15 is 0 Å². The van der Waals surface area contributed by atoms with Gasteiger partial charge < -0.3 is 18.6 Å². The predicted molar refractivity (Wildman–Crippen MR) is 324 cm³/mol. The van der Waals surface area contributed by atoms with Crippen molar-refractivity contribution < 1.29 is 0 Å². The molecule has 76 heavy (non-hydrogen) atoms. The number of fused-ring (bicyclic) bond motifs is 12. The summed E-state index contributed by atoms with van der Waals surface area (Å²) in [6, 6.07) is 90.4. The highest BCUT2D eigenvalue weighted by atomic mass is 15.1. The molecule has 0 atom stereocenters. The van der Waals surface area contributed by atoms with Crippen LogP contribution in [-0.4, -0.2) is 8.80 Å². The van der Waals surface area contributed by atoms with Crippen LogP contribution >= 0.6 is 0 Å². The topological polar surface area (TPSA) is 15.3 Å². The molecule has 0 unspecified atom stereocenters. The zero-order chi connectivity index (χ0) is 50.8. The van der Waals surface area contributed by atoms with Crippen LogP contribution < -0.4 is 9.80 Å². The van der Waals surface area contributed by atoms with E-state index in [2.05, 4.69) is 289 Å². The summed E-state index contributed by atoms with van der Waals surface area (Å²) in [6.45, 7) is 9.15. The smallest absolute Gasteiger partial charge is 0.0634 e. The van der Waals surface area contributed by atoms with E-state index in [0.717, 1.165) is 34.1 Å². The number of aromatic nitrogens is 2. The molecule has 4 heteroatoms. The minimum Gasteiger partial charge on any atom is -0.310 e. The lowest BCUT2D eigenvalue weighted by Gasteiger charge is -2.26. The molecule has 0 bridgehead atoms. The van der Waals surface area contributed by atoms with E-state index in [0.29, 0.717) is 11.8 Å². The van der Waals surface area contributed by atoms with Gasteiger partial charge in [0.2, 0.25) is 0 Å². The molecule has 0 aliphatic heterocycles. The first-order valence-electron chi connectivity index (χ1n) is 26.8. The normalized spacial score (nSPS) is 12.2. The van der Waals surface area contributed by atoms with Crippen molar-refractivity contribution in [2.45, 2.75) is 39.5 Å². The van der Waals surface area contributed by atoms with Crippen LogP contribution in [0, 0.1) is 0 Å². The van der Waals surface area contributed by atoms with Crippen molar-refractivity contribution in [1.82, 2.24) is 8.80 Å². The molecule has 15 rings (SSSR count).